The molecule has 1 N–H and O–H groups in total. The SMILES string of the molecule is O=C(O)c1cc2c(C(F)(F)F)cc(-c3ccco3)nc2o1. The first kappa shape index (κ1) is 13.2. The fourth-order valence-electron chi connectivity index (χ4n) is 1.90. The first-order valence-electron chi connectivity index (χ1n) is 5.65. The number of carboxylic acids is 1. The standard InChI is InChI=1S/C13H6F3NO4/c14-13(15,16)7-5-8(9-2-1-3-20-9)17-11-6(7)4-10(21-11)12(18)19/h1-5H,(H,18,19). The van der Waals surface area contributed by atoms with Gasteiger partial charge in [-0.2, -0.15) is 13.2 Å². The zero-order chi connectivity index (χ0) is 15.2. The average Bonchev–Trinajstić information content (AvgIpc) is 3.05. The number of aromatic nitrogens is 1. The molecule has 21 heavy (non-hydrogen) atoms. The van der Waals surface area contributed by atoms with Crippen LogP contribution in [0.25, 0.3) is 22.6 Å². The zero-order valence-electron chi connectivity index (χ0n) is 10.1. The molecule has 0 amide bonds. The van der Waals surface area contributed by atoms with Gasteiger partial charge >= 0.3 is 12.1 Å². The van der Waals surface area contributed by atoms with E-state index in [0.717, 1.165) is 12.1 Å². The Bertz CT molecular complexity index is 818. The molecule has 5 nitrogen and oxygen atoms in total. The van der Waals surface area contributed by atoms with E-state index in [4.69, 9.17) is 13.9 Å². The molecular formula is C13H6F3NO4. The summed E-state index contributed by atoms with van der Waals surface area (Å²) in [4.78, 5) is 14.7. The second-order valence-corrected chi connectivity index (χ2v) is 4.16. The molecular weight excluding hydrogens is 291 g/mol. The van der Waals surface area contributed by atoms with Crippen molar-refractivity contribution >= 4 is 17.1 Å². The number of aromatic carboxylic acids is 1. The monoisotopic (exact) mass is 297 g/mol. The van der Waals surface area contributed by atoms with Crippen molar-refractivity contribution in [3.8, 4) is 11.5 Å². The van der Waals surface area contributed by atoms with E-state index in [1.54, 1.807) is 0 Å². The van der Waals surface area contributed by atoms with Crippen molar-refractivity contribution in [1.29, 1.82) is 0 Å². The number of hydrogen-bond acceptors (Lipinski definition) is 4. The molecule has 0 bridgehead atoms. The van der Waals surface area contributed by atoms with Gasteiger partial charge in [0, 0.05) is 6.07 Å². The lowest BCUT2D eigenvalue weighted by Crippen LogP contribution is -2.06. The Morgan fingerprint density at radius 2 is 2.05 bits per heavy atom. The summed E-state index contributed by atoms with van der Waals surface area (Å²) in [5, 5.41) is 8.40. The molecule has 0 radical (unpaired) electrons. The number of hydrogen-bond donors (Lipinski definition) is 1. The first-order chi connectivity index (χ1) is 9.86. The van der Waals surface area contributed by atoms with Crippen molar-refractivity contribution in [3.05, 3.63) is 41.9 Å². The maximum atomic E-state index is 13.1. The average molecular weight is 297 g/mol. The summed E-state index contributed by atoms with van der Waals surface area (Å²) in [6, 6.07) is 4.54. The van der Waals surface area contributed by atoms with Gasteiger partial charge in [0.05, 0.1) is 17.2 Å². The van der Waals surface area contributed by atoms with Crippen LogP contribution in [0.2, 0.25) is 0 Å². The minimum atomic E-state index is -4.68. The highest BCUT2D eigenvalue weighted by molar-refractivity contribution is 5.92. The topological polar surface area (TPSA) is 76.5 Å². The number of fused-ring (bicyclic) bond motifs is 1. The molecule has 0 aromatic carbocycles. The Hall–Kier alpha value is -2.77. The highest BCUT2D eigenvalue weighted by atomic mass is 19.4. The van der Waals surface area contributed by atoms with Crippen LogP contribution in [0.15, 0.2) is 39.4 Å². The van der Waals surface area contributed by atoms with Gasteiger partial charge in [-0.3, -0.25) is 0 Å². The van der Waals surface area contributed by atoms with Gasteiger partial charge in [-0.15, -0.1) is 0 Å². The van der Waals surface area contributed by atoms with Crippen LogP contribution in [0, 0.1) is 0 Å². The molecule has 0 atom stereocenters. The molecule has 0 unspecified atom stereocenters. The summed E-state index contributed by atoms with van der Waals surface area (Å²) < 4.78 is 49.2. The Morgan fingerprint density at radius 3 is 2.62 bits per heavy atom. The molecule has 0 fully saturated rings. The quantitative estimate of drug-likeness (QED) is 0.778. The maximum absolute atomic E-state index is 13.1. The molecule has 0 aliphatic heterocycles. The molecule has 8 heteroatoms. The Labute approximate surface area is 114 Å². The van der Waals surface area contributed by atoms with Crippen molar-refractivity contribution < 1.29 is 31.9 Å². The van der Waals surface area contributed by atoms with Gasteiger partial charge in [-0.25, -0.2) is 9.78 Å². The third kappa shape index (κ3) is 2.24. The van der Waals surface area contributed by atoms with E-state index in [9.17, 15) is 18.0 Å². The lowest BCUT2D eigenvalue weighted by molar-refractivity contribution is -0.136. The molecule has 3 heterocycles. The van der Waals surface area contributed by atoms with Crippen LogP contribution in [0.3, 0.4) is 0 Å². The van der Waals surface area contributed by atoms with Crippen molar-refractivity contribution in [2.75, 3.05) is 0 Å². The lowest BCUT2D eigenvalue weighted by Gasteiger charge is -2.08. The summed E-state index contributed by atoms with van der Waals surface area (Å²) in [7, 11) is 0. The van der Waals surface area contributed by atoms with Crippen molar-refractivity contribution in [2.24, 2.45) is 0 Å². The van der Waals surface area contributed by atoms with E-state index in [1.807, 2.05) is 0 Å². The number of nitrogens with zero attached hydrogens (tertiary/aromatic N) is 1. The number of carbonyl (C=O) groups is 1. The van der Waals surface area contributed by atoms with Gasteiger partial charge in [0.1, 0.15) is 5.69 Å². The molecule has 0 aliphatic carbocycles. The number of pyridine rings is 1. The van der Waals surface area contributed by atoms with Gasteiger partial charge in [0.2, 0.25) is 11.5 Å². The normalized spacial score (nSPS) is 12.0. The number of halogens is 3. The Balaban J connectivity index is 2.32. The van der Waals surface area contributed by atoms with E-state index < -0.39 is 34.6 Å². The van der Waals surface area contributed by atoms with Crippen molar-refractivity contribution in [1.82, 2.24) is 4.98 Å². The first-order valence-corrected chi connectivity index (χ1v) is 5.65. The van der Waals surface area contributed by atoms with E-state index in [-0.39, 0.29) is 11.5 Å². The molecule has 3 rings (SSSR count). The maximum Gasteiger partial charge on any atom is 0.417 e. The highest BCUT2D eigenvalue weighted by Crippen LogP contribution is 2.37. The van der Waals surface area contributed by atoms with Crippen LogP contribution in [-0.2, 0) is 6.18 Å². The third-order valence-electron chi connectivity index (χ3n) is 2.80. The van der Waals surface area contributed by atoms with Crippen LogP contribution in [0.5, 0.6) is 0 Å². The van der Waals surface area contributed by atoms with E-state index in [0.29, 0.717) is 0 Å². The van der Waals surface area contributed by atoms with Crippen LogP contribution < -0.4 is 0 Å². The smallest absolute Gasteiger partial charge is 0.417 e. The van der Waals surface area contributed by atoms with Gasteiger partial charge in [-0.05, 0) is 18.2 Å². The van der Waals surface area contributed by atoms with Crippen LogP contribution in [-0.4, -0.2) is 16.1 Å². The number of alkyl halides is 3. The number of rotatable bonds is 2. The Kier molecular flexibility index (Phi) is 2.75. The third-order valence-corrected chi connectivity index (χ3v) is 2.80. The van der Waals surface area contributed by atoms with Gasteiger partial charge in [-0.1, -0.05) is 0 Å². The molecule has 0 aliphatic rings. The van der Waals surface area contributed by atoms with Crippen molar-refractivity contribution in [3.63, 3.8) is 0 Å². The van der Waals surface area contributed by atoms with E-state index >= 15 is 0 Å². The van der Waals surface area contributed by atoms with Gasteiger partial charge in [0.25, 0.3) is 0 Å². The number of furan rings is 2. The summed E-state index contributed by atoms with van der Waals surface area (Å²) in [6.45, 7) is 0. The van der Waals surface area contributed by atoms with E-state index in [2.05, 4.69) is 4.98 Å². The van der Waals surface area contributed by atoms with E-state index in [1.165, 1.54) is 18.4 Å². The predicted molar refractivity (Wildman–Crippen MR) is 63.7 cm³/mol. The lowest BCUT2D eigenvalue weighted by atomic mass is 10.1. The summed E-state index contributed by atoms with van der Waals surface area (Å²) >= 11 is 0. The molecule has 0 spiro atoms. The largest absolute Gasteiger partial charge is 0.475 e. The highest BCUT2D eigenvalue weighted by Gasteiger charge is 2.35. The zero-order valence-corrected chi connectivity index (χ0v) is 10.1. The summed E-state index contributed by atoms with van der Waals surface area (Å²) in [5.74, 6) is -1.96. The van der Waals surface area contributed by atoms with Crippen LogP contribution in [0.4, 0.5) is 13.2 Å². The van der Waals surface area contributed by atoms with Gasteiger partial charge in [0.15, 0.2) is 5.76 Å². The minimum Gasteiger partial charge on any atom is -0.475 e. The van der Waals surface area contributed by atoms with Crippen molar-refractivity contribution in [2.45, 2.75) is 6.18 Å². The minimum absolute atomic E-state index is 0.0916. The van der Waals surface area contributed by atoms with Crippen LogP contribution in [0.1, 0.15) is 16.1 Å². The van der Waals surface area contributed by atoms with Crippen LogP contribution >= 0.6 is 0 Å². The second-order valence-electron chi connectivity index (χ2n) is 4.16. The molecule has 0 saturated heterocycles. The summed E-state index contributed by atoms with van der Waals surface area (Å²) in [6.07, 6.45) is -3.39. The molecule has 3 aromatic rings. The molecule has 3 aromatic heterocycles. The fraction of sp³-hybridized carbons (Fsp3) is 0.0769. The Morgan fingerprint density at radius 1 is 1.29 bits per heavy atom. The fourth-order valence-corrected chi connectivity index (χ4v) is 1.90. The van der Waals surface area contributed by atoms with Gasteiger partial charge < -0.3 is 13.9 Å². The number of carboxylic acid groups (broad SMARTS) is 1. The summed E-state index contributed by atoms with van der Waals surface area (Å²) in [5.41, 5.74) is -1.53. The second kappa shape index (κ2) is 4.37. The molecule has 0 saturated carbocycles. The predicted octanol–water partition coefficient (Wildman–Crippen LogP) is 3.80. The molecule has 108 valence electrons.